The van der Waals surface area contributed by atoms with E-state index in [1.807, 2.05) is 17.0 Å². The van der Waals surface area contributed by atoms with Gasteiger partial charge >= 0.3 is 0 Å². The molecule has 1 amide bonds. The molecule has 0 unspecified atom stereocenters. The Morgan fingerprint density at radius 3 is 3.04 bits per heavy atom. The number of nitrogens with one attached hydrogen (secondary N) is 1. The fraction of sp³-hybridized carbons (Fsp3) is 0.571. The summed E-state index contributed by atoms with van der Waals surface area (Å²) in [5.41, 5.74) is 0. The third-order valence-electron chi connectivity index (χ3n) is 3.65. The van der Waals surface area contributed by atoms with E-state index in [0.29, 0.717) is 22.9 Å². The molecule has 1 aliphatic rings. The molecule has 0 aromatic carbocycles. The number of aromatic nitrogens is 4. The first kappa shape index (κ1) is 16.4. The summed E-state index contributed by atoms with van der Waals surface area (Å²) in [4.78, 5) is 12.1. The molecular formula is C14H19N5O2S2. The molecule has 0 atom stereocenters. The van der Waals surface area contributed by atoms with Gasteiger partial charge in [-0.3, -0.25) is 4.79 Å². The minimum absolute atomic E-state index is 0.0978. The summed E-state index contributed by atoms with van der Waals surface area (Å²) in [7, 11) is 0. The Morgan fingerprint density at radius 2 is 2.26 bits per heavy atom. The molecule has 2 aromatic heterocycles. The first-order valence-corrected chi connectivity index (χ1v) is 9.91. The predicted octanol–water partition coefficient (Wildman–Crippen LogP) is 2.98. The van der Waals surface area contributed by atoms with Crippen LogP contribution in [-0.2, 0) is 10.5 Å². The van der Waals surface area contributed by atoms with Gasteiger partial charge in [0.2, 0.25) is 11.8 Å². The van der Waals surface area contributed by atoms with Gasteiger partial charge in [-0.15, -0.1) is 10.2 Å². The minimum atomic E-state index is -0.0978. The number of amides is 1. The van der Waals surface area contributed by atoms with Gasteiger partial charge < -0.3 is 9.73 Å². The van der Waals surface area contributed by atoms with Crippen molar-refractivity contribution in [3.8, 4) is 0 Å². The Labute approximate surface area is 143 Å². The van der Waals surface area contributed by atoms with Gasteiger partial charge in [-0.05, 0) is 19.1 Å². The van der Waals surface area contributed by atoms with E-state index in [9.17, 15) is 4.79 Å². The van der Waals surface area contributed by atoms with Gasteiger partial charge in [0.15, 0.2) is 0 Å². The van der Waals surface area contributed by atoms with E-state index >= 15 is 0 Å². The average molecular weight is 353 g/mol. The zero-order chi connectivity index (χ0) is 16.1. The van der Waals surface area contributed by atoms with Crippen molar-refractivity contribution in [1.29, 1.82) is 0 Å². The van der Waals surface area contributed by atoms with Gasteiger partial charge in [0.1, 0.15) is 5.82 Å². The minimum Gasteiger partial charge on any atom is -0.415 e. The molecule has 1 N–H and O–H groups in total. The van der Waals surface area contributed by atoms with Gasteiger partial charge in [-0.25, -0.2) is 4.68 Å². The molecular weight excluding hydrogens is 334 g/mol. The predicted molar refractivity (Wildman–Crippen MR) is 90.6 cm³/mol. The lowest BCUT2D eigenvalue weighted by Crippen LogP contribution is -2.19. The van der Waals surface area contributed by atoms with Gasteiger partial charge in [0.05, 0.1) is 23.7 Å². The average Bonchev–Trinajstić information content (AvgIpc) is 3.27. The summed E-state index contributed by atoms with van der Waals surface area (Å²) >= 11 is 2.86. The van der Waals surface area contributed by atoms with E-state index in [0.717, 1.165) is 18.7 Å². The molecule has 1 fully saturated rings. The fourth-order valence-electron chi connectivity index (χ4n) is 2.64. The third kappa shape index (κ3) is 4.29. The Kier molecular flexibility index (Phi) is 5.60. The smallest absolute Gasteiger partial charge is 0.277 e. The van der Waals surface area contributed by atoms with Crippen LogP contribution in [0.2, 0.25) is 0 Å². The molecule has 3 rings (SSSR count). The van der Waals surface area contributed by atoms with Crippen LogP contribution >= 0.6 is 23.5 Å². The van der Waals surface area contributed by atoms with E-state index < -0.39 is 0 Å². The van der Waals surface area contributed by atoms with E-state index in [-0.39, 0.29) is 11.7 Å². The zero-order valence-electron chi connectivity index (χ0n) is 12.9. The SMILES string of the molecule is CSCc1nnc(SCC(=O)Nc2ccnn2C2CCCC2)o1. The Balaban J connectivity index is 1.52. The largest absolute Gasteiger partial charge is 0.415 e. The van der Waals surface area contributed by atoms with Crippen LogP contribution in [-0.4, -0.2) is 37.9 Å². The quantitative estimate of drug-likeness (QED) is 0.766. The van der Waals surface area contributed by atoms with Crippen LogP contribution in [0.3, 0.4) is 0 Å². The number of rotatable bonds is 7. The molecule has 0 aliphatic heterocycles. The molecule has 1 aliphatic carbocycles. The van der Waals surface area contributed by atoms with Crippen LogP contribution in [0.5, 0.6) is 0 Å². The molecule has 0 saturated heterocycles. The van der Waals surface area contributed by atoms with E-state index in [4.69, 9.17) is 4.42 Å². The molecule has 124 valence electrons. The first-order chi connectivity index (χ1) is 11.3. The summed E-state index contributed by atoms with van der Waals surface area (Å²) in [5.74, 6) is 2.16. The van der Waals surface area contributed by atoms with Crippen LogP contribution < -0.4 is 5.32 Å². The van der Waals surface area contributed by atoms with Crippen LogP contribution in [0.4, 0.5) is 5.82 Å². The molecule has 1 saturated carbocycles. The summed E-state index contributed by atoms with van der Waals surface area (Å²) in [5, 5.41) is 15.5. The van der Waals surface area contributed by atoms with Crippen molar-refractivity contribution >= 4 is 35.2 Å². The van der Waals surface area contributed by atoms with Crippen molar-refractivity contribution in [2.45, 2.75) is 42.7 Å². The zero-order valence-corrected chi connectivity index (χ0v) is 14.5. The number of carbonyl (C=O) groups excluding carboxylic acids is 1. The monoisotopic (exact) mass is 353 g/mol. The third-order valence-corrected chi connectivity index (χ3v) is 5.01. The summed E-state index contributed by atoms with van der Waals surface area (Å²) in [6.07, 6.45) is 8.40. The number of anilines is 1. The number of hydrogen-bond acceptors (Lipinski definition) is 7. The topological polar surface area (TPSA) is 85.8 Å². The van der Waals surface area contributed by atoms with Gasteiger partial charge in [-0.1, -0.05) is 24.6 Å². The first-order valence-electron chi connectivity index (χ1n) is 7.53. The molecule has 2 heterocycles. The molecule has 0 spiro atoms. The second-order valence-corrected chi connectivity index (χ2v) is 7.12. The Bertz CT molecular complexity index is 651. The molecule has 0 radical (unpaired) electrons. The number of carbonyl (C=O) groups is 1. The highest BCUT2D eigenvalue weighted by Crippen LogP contribution is 2.31. The van der Waals surface area contributed by atoms with Crippen molar-refractivity contribution in [3.63, 3.8) is 0 Å². The standard InChI is InChI=1S/C14H19N5O2S2/c1-22-9-13-17-18-14(21-13)23-8-12(20)16-11-6-7-15-19(11)10-4-2-3-5-10/h6-7,10H,2-5,8-9H2,1H3,(H,16,20). The molecule has 23 heavy (non-hydrogen) atoms. The van der Waals surface area contributed by atoms with E-state index in [1.54, 1.807) is 18.0 Å². The lowest BCUT2D eigenvalue weighted by atomic mass is 10.2. The Morgan fingerprint density at radius 1 is 1.43 bits per heavy atom. The summed E-state index contributed by atoms with van der Waals surface area (Å²) in [6, 6.07) is 2.24. The maximum absolute atomic E-state index is 12.1. The van der Waals surface area contributed by atoms with Crippen molar-refractivity contribution in [2.75, 3.05) is 17.3 Å². The van der Waals surface area contributed by atoms with Gasteiger partial charge in [-0.2, -0.15) is 16.9 Å². The van der Waals surface area contributed by atoms with Crippen LogP contribution in [0.15, 0.2) is 21.9 Å². The highest BCUT2D eigenvalue weighted by Gasteiger charge is 2.20. The molecule has 9 heteroatoms. The Hall–Kier alpha value is -1.48. The number of hydrogen-bond donors (Lipinski definition) is 1. The lowest BCUT2D eigenvalue weighted by molar-refractivity contribution is -0.113. The van der Waals surface area contributed by atoms with E-state index in [1.165, 1.54) is 24.6 Å². The van der Waals surface area contributed by atoms with Crippen molar-refractivity contribution in [1.82, 2.24) is 20.0 Å². The number of thioether (sulfide) groups is 2. The lowest BCUT2D eigenvalue weighted by Gasteiger charge is -2.14. The van der Waals surface area contributed by atoms with Crippen molar-refractivity contribution < 1.29 is 9.21 Å². The van der Waals surface area contributed by atoms with Crippen molar-refractivity contribution in [2.24, 2.45) is 0 Å². The second-order valence-electron chi connectivity index (χ2n) is 5.33. The van der Waals surface area contributed by atoms with Gasteiger partial charge in [0.25, 0.3) is 5.22 Å². The second kappa shape index (κ2) is 7.87. The van der Waals surface area contributed by atoms with E-state index in [2.05, 4.69) is 20.6 Å². The van der Waals surface area contributed by atoms with Crippen LogP contribution in [0, 0.1) is 0 Å². The maximum atomic E-state index is 12.1. The van der Waals surface area contributed by atoms with Gasteiger partial charge in [0, 0.05) is 6.07 Å². The summed E-state index contributed by atoms with van der Waals surface area (Å²) in [6.45, 7) is 0. The van der Waals surface area contributed by atoms with Crippen molar-refractivity contribution in [3.05, 3.63) is 18.2 Å². The maximum Gasteiger partial charge on any atom is 0.277 e. The molecule has 7 nitrogen and oxygen atoms in total. The number of nitrogens with zero attached hydrogens (tertiary/aromatic N) is 4. The van der Waals surface area contributed by atoms with Crippen LogP contribution in [0.25, 0.3) is 0 Å². The molecule has 2 aromatic rings. The highest BCUT2D eigenvalue weighted by molar-refractivity contribution is 7.99. The normalized spacial score (nSPS) is 15.2. The summed E-state index contributed by atoms with van der Waals surface area (Å²) < 4.78 is 7.37. The molecule has 0 bridgehead atoms. The van der Waals surface area contributed by atoms with Crippen LogP contribution in [0.1, 0.15) is 37.6 Å². The fourth-order valence-corrected chi connectivity index (χ4v) is 3.58. The highest BCUT2D eigenvalue weighted by atomic mass is 32.2.